The predicted octanol–water partition coefficient (Wildman–Crippen LogP) is 2.29. The summed E-state index contributed by atoms with van der Waals surface area (Å²) >= 11 is 5.93. The van der Waals surface area contributed by atoms with Crippen molar-refractivity contribution in [2.75, 3.05) is 12.8 Å². The summed E-state index contributed by atoms with van der Waals surface area (Å²) in [6.45, 7) is 0. The van der Waals surface area contributed by atoms with Crippen molar-refractivity contribution in [3.8, 4) is 22.8 Å². The number of anilines is 1. The number of ether oxygens (including phenoxy) is 1. The number of hydrogen-bond donors (Lipinski definition) is 2. The first kappa shape index (κ1) is 10.6. The first-order chi connectivity index (χ1) is 7.61. The summed E-state index contributed by atoms with van der Waals surface area (Å²) in [4.78, 5) is 0. The molecule has 2 aromatic rings. The van der Waals surface area contributed by atoms with Crippen LogP contribution in [0.2, 0.25) is 5.02 Å². The van der Waals surface area contributed by atoms with Crippen LogP contribution < -0.4 is 10.5 Å². The van der Waals surface area contributed by atoms with Gasteiger partial charge in [0.25, 0.3) is 0 Å². The molecule has 1 aromatic carbocycles. The number of rotatable bonds is 2. The zero-order chi connectivity index (χ0) is 11.7. The van der Waals surface area contributed by atoms with Crippen molar-refractivity contribution >= 4 is 17.4 Å². The monoisotopic (exact) mass is 240 g/mol. The lowest BCUT2D eigenvalue weighted by Crippen LogP contribution is -1.85. The minimum Gasteiger partial charge on any atom is -0.507 e. The van der Waals surface area contributed by atoms with Crippen molar-refractivity contribution in [3.05, 3.63) is 23.2 Å². The minimum absolute atomic E-state index is 0.0163. The van der Waals surface area contributed by atoms with Crippen molar-refractivity contribution in [2.45, 2.75) is 0 Å². The Morgan fingerprint density at radius 3 is 2.75 bits per heavy atom. The molecule has 1 aromatic heterocycles. The Labute approximate surface area is 96.4 Å². The van der Waals surface area contributed by atoms with Gasteiger partial charge in [-0.25, -0.2) is 0 Å². The molecule has 1 heterocycles. The maximum absolute atomic E-state index is 9.74. The number of aromatic nitrogens is 1. The molecule has 0 aliphatic carbocycles. The maximum Gasteiger partial charge on any atom is 0.172 e. The minimum atomic E-state index is -0.0163. The van der Waals surface area contributed by atoms with Crippen LogP contribution >= 0.6 is 11.6 Å². The highest BCUT2D eigenvalue weighted by Gasteiger charge is 2.13. The summed E-state index contributed by atoms with van der Waals surface area (Å²) in [6, 6.07) is 4.42. The Morgan fingerprint density at radius 2 is 2.19 bits per heavy atom. The number of nitrogens with zero attached hydrogens (tertiary/aromatic N) is 1. The van der Waals surface area contributed by atoms with Crippen molar-refractivity contribution in [3.63, 3.8) is 0 Å². The second kappa shape index (κ2) is 3.94. The van der Waals surface area contributed by atoms with Crippen LogP contribution in [0.15, 0.2) is 22.7 Å². The number of phenols is 1. The van der Waals surface area contributed by atoms with Crippen LogP contribution in [-0.4, -0.2) is 17.4 Å². The van der Waals surface area contributed by atoms with Gasteiger partial charge >= 0.3 is 0 Å². The second-order valence-electron chi connectivity index (χ2n) is 3.12. The van der Waals surface area contributed by atoms with E-state index in [1.165, 1.54) is 25.3 Å². The molecule has 6 heteroatoms. The molecule has 0 spiro atoms. The zero-order valence-electron chi connectivity index (χ0n) is 8.40. The molecule has 0 saturated carbocycles. The third kappa shape index (κ3) is 1.77. The van der Waals surface area contributed by atoms with Gasteiger partial charge in [-0.05, 0) is 6.07 Å². The van der Waals surface area contributed by atoms with Gasteiger partial charge in [-0.2, -0.15) is 0 Å². The van der Waals surface area contributed by atoms with Gasteiger partial charge in [-0.15, -0.1) is 0 Å². The fourth-order valence-corrected chi connectivity index (χ4v) is 1.55. The van der Waals surface area contributed by atoms with E-state index in [4.69, 9.17) is 26.6 Å². The lowest BCUT2D eigenvalue weighted by atomic mass is 10.1. The molecule has 0 saturated heterocycles. The Morgan fingerprint density at radius 1 is 1.44 bits per heavy atom. The largest absolute Gasteiger partial charge is 0.507 e. The fourth-order valence-electron chi connectivity index (χ4n) is 1.31. The third-order valence-electron chi connectivity index (χ3n) is 2.06. The van der Waals surface area contributed by atoms with Crippen LogP contribution in [0.1, 0.15) is 0 Å². The summed E-state index contributed by atoms with van der Waals surface area (Å²) in [7, 11) is 1.47. The third-order valence-corrected chi connectivity index (χ3v) is 2.36. The lowest BCUT2D eigenvalue weighted by molar-refractivity contribution is 0.406. The summed E-state index contributed by atoms with van der Waals surface area (Å²) in [5.74, 6) is 0.952. The number of aromatic hydroxyl groups is 1. The Balaban J connectivity index is 2.54. The highest BCUT2D eigenvalue weighted by atomic mass is 35.5. The van der Waals surface area contributed by atoms with E-state index in [0.717, 1.165) is 0 Å². The topological polar surface area (TPSA) is 81.5 Å². The molecule has 84 valence electrons. The van der Waals surface area contributed by atoms with Gasteiger partial charge < -0.3 is 20.1 Å². The van der Waals surface area contributed by atoms with E-state index in [1.54, 1.807) is 0 Å². The second-order valence-corrected chi connectivity index (χ2v) is 3.53. The number of hydrogen-bond acceptors (Lipinski definition) is 5. The van der Waals surface area contributed by atoms with E-state index in [9.17, 15) is 5.11 Å². The summed E-state index contributed by atoms with van der Waals surface area (Å²) < 4.78 is 9.88. The number of nitrogens with two attached hydrogens (primary N) is 1. The van der Waals surface area contributed by atoms with Crippen LogP contribution in [0.3, 0.4) is 0 Å². The van der Waals surface area contributed by atoms with Gasteiger partial charge in [0, 0.05) is 12.1 Å². The quantitative estimate of drug-likeness (QED) is 0.842. The van der Waals surface area contributed by atoms with Crippen molar-refractivity contribution in [1.29, 1.82) is 0 Å². The SMILES string of the molecule is COc1cc(O)c(-c2cc(N)no2)cc1Cl. The lowest BCUT2D eigenvalue weighted by Gasteiger charge is -2.06. The standard InChI is InChI=1S/C10H9ClN2O3/c1-15-9-3-7(14)5(2-6(9)11)8-4-10(12)13-16-8/h2-4,14H,1H3,(H2,12,13). The molecule has 0 radical (unpaired) electrons. The molecule has 0 amide bonds. The van der Waals surface area contributed by atoms with E-state index in [-0.39, 0.29) is 11.6 Å². The van der Waals surface area contributed by atoms with E-state index < -0.39 is 0 Å². The van der Waals surface area contributed by atoms with Gasteiger partial charge in [0.05, 0.1) is 17.7 Å². The first-order valence-corrected chi connectivity index (χ1v) is 4.78. The smallest absolute Gasteiger partial charge is 0.172 e. The summed E-state index contributed by atoms with van der Waals surface area (Å²) in [5, 5.41) is 13.6. The van der Waals surface area contributed by atoms with Crippen molar-refractivity contribution in [2.24, 2.45) is 0 Å². The van der Waals surface area contributed by atoms with Gasteiger partial charge in [-0.3, -0.25) is 0 Å². The molecular weight excluding hydrogens is 232 g/mol. The average Bonchev–Trinajstić information content (AvgIpc) is 2.67. The number of phenolic OH excluding ortho intramolecular Hbond substituents is 1. The maximum atomic E-state index is 9.74. The Kier molecular flexibility index (Phi) is 2.62. The molecule has 0 fully saturated rings. The van der Waals surface area contributed by atoms with E-state index in [1.807, 2.05) is 0 Å². The molecule has 0 aliphatic rings. The summed E-state index contributed by atoms with van der Waals surface area (Å²) in [6.07, 6.45) is 0. The molecule has 5 nitrogen and oxygen atoms in total. The Hall–Kier alpha value is -1.88. The normalized spacial score (nSPS) is 10.4. The highest BCUT2D eigenvalue weighted by Crippen LogP contribution is 2.38. The van der Waals surface area contributed by atoms with E-state index >= 15 is 0 Å². The summed E-state index contributed by atoms with van der Waals surface area (Å²) in [5.41, 5.74) is 5.83. The molecule has 16 heavy (non-hydrogen) atoms. The number of nitrogen functional groups attached to an aromatic ring is 1. The van der Waals surface area contributed by atoms with Gasteiger partial charge in [-0.1, -0.05) is 16.8 Å². The molecule has 0 unspecified atom stereocenters. The van der Waals surface area contributed by atoms with Crippen LogP contribution in [-0.2, 0) is 0 Å². The van der Waals surface area contributed by atoms with Crippen LogP contribution in [0.4, 0.5) is 5.82 Å². The van der Waals surface area contributed by atoms with Crippen molar-refractivity contribution < 1.29 is 14.4 Å². The van der Waals surface area contributed by atoms with E-state index in [2.05, 4.69) is 5.16 Å². The fraction of sp³-hybridized carbons (Fsp3) is 0.100. The van der Waals surface area contributed by atoms with E-state index in [0.29, 0.717) is 22.1 Å². The zero-order valence-corrected chi connectivity index (χ0v) is 9.15. The number of benzene rings is 1. The number of halogens is 1. The molecule has 0 aliphatic heterocycles. The van der Waals surface area contributed by atoms with Gasteiger partial charge in [0.15, 0.2) is 11.6 Å². The molecule has 0 bridgehead atoms. The molecule has 0 atom stereocenters. The van der Waals surface area contributed by atoms with Crippen LogP contribution in [0.5, 0.6) is 11.5 Å². The Bertz CT molecular complexity index is 525. The molecule has 2 rings (SSSR count). The predicted molar refractivity (Wildman–Crippen MR) is 59.6 cm³/mol. The number of methoxy groups -OCH3 is 1. The molecular formula is C10H9ClN2O3. The average molecular weight is 241 g/mol. The van der Waals surface area contributed by atoms with Gasteiger partial charge in [0.2, 0.25) is 0 Å². The van der Waals surface area contributed by atoms with Crippen LogP contribution in [0.25, 0.3) is 11.3 Å². The van der Waals surface area contributed by atoms with Crippen molar-refractivity contribution in [1.82, 2.24) is 5.16 Å². The molecule has 3 N–H and O–H groups in total. The van der Waals surface area contributed by atoms with Gasteiger partial charge in [0.1, 0.15) is 11.5 Å². The highest BCUT2D eigenvalue weighted by molar-refractivity contribution is 6.32. The first-order valence-electron chi connectivity index (χ1n) is 4.41. The van der Waals surface area contributed by atoms with Crippen LogP contribution in [0, 0.1) is 0 Å².